The molecule has 0 aromatic carbocycles. The van der Waals surface area contributed by atoms with E-state index in [-0.39, 0.29) is 30.0 Å². The average molecular weight is 463 g/mol. The Bertz CT molecular complexity index is 872. The van der Waals surface area contributed by atoms with E-state index >= 15 is 0 Å². The monoisotopic (exact) mass is 462 g/mol. The molecule has 6 nitrogen and oxygen atoms in total. The molecule has 186 valence electrons. The van der Waals surface area contributed by atoms with Gasteiger partial charge in [-0.05, 0) is 94.6 Å². The molecule has 10 atom stereocenters. The quantitative estimate of drug-likeness (QED) is 0.410. The van der Waals surface area contributed by atoms with Gasteiger partial charge in [0.25, 0.3) is 0 Å². The van der Waals surface area contributed by atoms with Crippen molar-refractivity contribution in [3.05, 3.63) is 23.3 Å². The Morgan fingerprint density at radius 3 is 2.48 bits per heavy atom. The maximum Gasteiger partial charge on any atom is 0.159 e. The second kappa shape index (κ2) is 7.99. The molecule has 0 aliphatic heterocycles. The molecule has 4 rings (SSSR count). The van der Waals surface area contributed by atoms with Gasteiger partial charge in [0.15, 0.2) is 5.78 Å². The number of fused-ring (bicyclic) bond motifs is 5. The van der Waals surface area contributed by atoms with Gasteiger partial charge in [-0.3, -0.25) is 4.79 Å². The lowest BCUT2D eigenvalue weighted by Crippen LogP contribution is -2.62. The summed E-state index contributed by atoms with van der Waals surface area (Å²) in [7, 11) is 0. The summed E-state index contributed by atoms with van der Waals surface area (Å²) in [4.78, 5) is 13.2. The number of ketones is 1. The largest absolute Gasteiger partial charge is 0.390 e. The summed E-state index contributed by atoms with van der Waals surface area (Å²) in [5.41, 5.74) is -2.00. The van der Waals surface area contributed by atoms with Crippen molar-refractivity contribution in [2.45, 2.75) is 109 Å². The Balaban J connectivity index is 1.70. The summed E-state index contributed by atoms with van der Waals surface area (Å²) in [6, 6.07) is 0. The van der Waals surface area contributed by atoms with Gasteiger partial charge < -0.3 is 25.5 Å². The number of aliphatic hydroxyl groups is 5. The Labute approximate surface area is 197 Å². The summed E-state index contributed by atoms with van der Waals surface area (Å²) in [5, 5.41) is 55.3. The average Bonchev–Trinajstić information content (AvgIpc) is 3.00. The zero-order valence-electron chi connectivity index (χ0n) is 20.7. The van der Waals surface area contributed by atoms with Gasteiger partial charge in [0.2, 0.25) is 0 Å². The number of allylic oxidation sites excluding steroid dienone is 2. The summed E-state index contributed by atoms with van der Waals surface area (Å²) < 4.78 is 0. The van der Waals surface area contributed by atoms with Crippen LogP contribution in [0.15, 0.2) is 23.3 Å². The van der Waals surface area contributed by atoms with Gasteiger partial charge in [-0.1, -0.05) is 25.5 Å². The minimum Gasteiger partial charge on any atom is -0.390 e. The molecular weight excluding hydrogens is 420 g/mol. The zero-order chi connectivity index (χ0) is 24.6. The highest BCUT2D eigenvalue weighted by atomic mass is 16.3. The van der Waals surface area contributed by atoms with Crippen LogP contribution >= 0.6 is 0 Å². The van der Waals surface area contributed by atoms with Crippen molar-refractivity contribution >= 4 is 5.78 Å². The van der Waals surface area contributed by atoms with E-state index in [1.54, 1.807) is 13.0 Å². The molecule has 0 unspecified atom stereocenters. The van der Waals surface area contributed by atoms with Gasteiger partial charge >= 0.3 is 0 Å². The molecule has 0 amide bonds. The molecule has 3 fully saturated rings. The second-order valence-electron chi connectivity index (χ2n) is 12.4. The van der Waals surface area contributed by atoms with Crippen LogP contribution in [0.4, 0.5) is 0 Å². The van der Waals surface area contributed by atoms with E-state index in [0.717, 1.165) is 17.6 Å². The minimum atomic E-state index is -1.38. The highest BCUT2D eigenvalue weighted by Crippen LogP contribution is 2.68. The molecule has 0 bridgehead atoms. The summed E-state index contributed by atoms with van der Waals surface area (Å²) >= 11 is 0. The summed E-state index contributed by atoms with van der Waals surface area (Å²) in [6.07, 6.45) is 4.16. The first-order valence-electron chi connectivity index (χ1n) is 12.6. The van der Waals surface area contributed by atoms with Crippen molar-refractivity contribution in [1.82, 2.24) is 0 Å². The van der Waals surface area contributed by atoms with Crippen molar-refractivity contribution in [3.63, 3.8) is 0 Å². The first-order chi connectivity index (χ1) is 15.2. The normalized spacial score (nSPS) is 47.5. The SMILES string of the molecule is CC(C)=CC[C@@H](O)[C@](C)(O)[C@H]1CC[C@@]2(O)C3=CC(=O)[C@@H]4C[C@@H](O)[C@@H](O)C[C@]4(C)[C@H]3CC[C@]12C. The van der Waals surface area contributed by atoms with Crippen LogP contribution in [0.5, 0.6) is 0 Å². The second-order valence-corrected chi connectivity index (χ2v) is 12.4. The number of aliphatic hydroxyl groups excluding tert-OH is 3. The zero-order valence-corrected chi connectivity index (χ0v) is 20.7. The molecule has 0 aromatic rings. The van der Waals surface area contributed by atoms with Gasteiger partial charge in [0, 0.05) is 11.3 Å². The van der Waals surface area contributed by atoms with Crippen molar-refractivity contribution in [2.24, 2.45) is 28.6 Å². The maximum absolute atomic E-state index is 13.2. The molecule has 3 saturated carbocycles. The van der Waals surface area contributed by atoms with E-state index in [1.807, 2.05) is 33.8 Å². The van der Waals surface area contributed by atoms with Crippen LogP contribution in [-0.4, -0.2) is 60.8 Å². The molecular formula is C27H42O6. The molecule has 0 saturated heterocycles. The predicted molar refractivity (Wildman–Crippen MR) is 125 cm³/mol. The van der Waals surface area contributed by atoms with Crippen LogP contribution in [0.25, 0.3) is 0 Å². The van der Waals surface area contributed by atoms with Crippen molar-refractivity contribution in [2.75, 3.05) is 0 Å². The van der Waals surface area contributed by atoms with Crippen molar-refractivity contribution in [3.8, 4) is 0 Å². The number of hydrogen-bond acceptors (Lipinski definition) is 6. The lowest BCUT2D eigenvalue weighted by atomic mass is 9.45. The molecule has 4 aliphatic carbocycles. The topological polar surface area (TPSA) is 118 Å². The van der Waals surface area contributed by atoms with Crippen LogP contribution in [0.1, 0.15) is 79.6 Å². The maximum atomic E-state index is 13.2. The van der Waals surface area contributed by atoms with Crippen molar-refractivity contribution < 1.29 is 30.3 Å². The third kappa shape index (κ3) is 3.51. The Morgan fingerprint density at radius 1 is 1.18 bits per heavy atom. The highest BCUT2D eigenvalue weighted by molar-refractivity contribution is 5.95. The minimum absolute atomic E-state index is 0.0558. The molecule has 0 radical (unpaired) electrons. The molecule has 4 aliphatic rings. The number of rotatable bonds is 4. The van der Waals surface area contributed by atoms with Gasteiger partial charge in [-0.15, -0.1) is 0 Å². The van der Waals surface area contributed by atoms with Crippen LogP contribution in [0.2, 0.25) is 0 Å². The molecule has 6 heteroatoms. The first kappa shape index (κ1) is 25.1. The molecule has 0 spiro atoms. The Hall–Kier alpha value is -1.05. The van der Waals surface area contributed by atoms with Gasteiger partial charge in [-0.25, -0.2) is 0 Å². The number of carbonyl (C=O) groups excluding carboxylic acids is 1. The fourth-order valence-electron chi connectivity index (χ4n) is 8.13. The molecule has 5 N–H and O–H groups in total. The van der Waals surface area contributed by atoms with Gasteiger partial charge in [0.1, 0.15) is 0 Å². The van der Waals surface area contributed by atoms with Crippen LogP contribution in [0, 0.1) is 28.6 Å². The van der Waals surface area contributed by atoms with E-state index in [0.29, 0.717) is 32.1 Å². The fourth-order valence-corrected chi connectivity index (χ4v) is 8.13. The Morgan fingerprint density at radius 2 is 1.85 bits per heavy atom. The Kier molecular flexibility index (Phi) is 6.07. The van der Waals surface area contributed by atoms with E-state index < -0.39 is 40.3 Å². The third-order valence-corrected chi connectivity index (χ3v) is 10.2. The van der Waals surface area contributed by atoms with Crippen LogP contribution in [-0.2, 0) is 4.79 Å². The number of hydrogen-bond donors (Lipinski definition) is 5. The molecule has 33 heavy (non-hydrogen) atoms. The smallest absolute Gasteiger partial charge is 0.159 e. The van der Waals surface area contributed by atoms with E-state index in [2.05, 4.69) is 0 Å². The van der Waals surface area contributed by atoms with Gasteiger partial charge in [0.05, 0.1) is 29.5 Å². The highest BCUT2D eigenvalue weighted by Gasteiger charge is 2.69. The van der Waals surface area contributed by atoms with E-state index in [4.69, 9.17) is 0 Å². The lowest BCUT2D eigenvalue weighted by Gasteiger charge is -2.60. The third-order valence-electron chi connectivity index (χ3n) is 10.2. The lowest BCUT2D eigenvalue weighted by molar-refractivity contribution is -0.174. The van der Waals surface area contributed by atoms with Crippen LogP contribution in [0.3, 0.4) is 0 Å². The fraction of sp³-hybridized carbons (Fsp3) is 0.815. The predicted octanol–water partition coefficient (Wildman–Crippen LogP) is 2.66. The molecule has 0 aromatic heterocycles. The van der Waals surface area contributed by atoms with Gasteiger partial charge in [-0.2, -0.15) is 0 Å². The first-order valence-corrected chi connectivity index (χ1v) is 12.6. The summed E-state index contributed by atoms with van der Waals surface area (Å²) in [6.45, 7) is 9.63. The van der Waals surface area contributed by atoms with Crippen molar-refractivity contribution in [1.29, 1.82) is 0 Å². The van der Waals surface area contributed by atoms with E-state index in [1.165, 1.54) is 0 Å². The molecule has 0 heterocycles. The van der Waals surface area contributed by atoms with Crippen LogP contribution < -0.4 is 0 Å². The van der Waals surface area contributed by atoms with E-state index in [9.17, 15) is 30.3 Å². The number of carbonyl (C=O) groups is 1. The standard InChI is InChI=1S/C27H42O6/c1-15(2)6-7-23(31)26(5,32)22-9-11-27(33)17-12-19(28)18-13-20(29)21(30)14-24(18,3)16(17)8-10-25(22,27)4/h6,12,16,18,20-23,29-33H,7-11,13-14H2,1-5H3/t16-,18-,20+,21-,22-,23+,24+,25+,26+,27+/m0/s1. The summed E-state index contributed by atoms with van der Waals surface area (Å²) in [5.74, 6) is -0.813.